The van der Waals surface area contributed by atoms with E-state index in [1.54, 1.807) is 6.20 Å². The molecule has 1 aliphatic heterocycles. The third kappa shape index (κ3) is 4.88. The lowest BCUT2D eigenvalue weighted by atomic mass is 9.54. The topological polar surface area (TPSA) is 80.2 Å². The predicted molar refractivity (Wildman–Crippen MR) is 132 cm³/mol. The summed E-state index contributed by atoms with van der Waals surface area (Å²) in [6.07, 6.45) is 16.0. The Morgan fingerprint density at radius 3 is 2.53 bits per heavy atom. The molecule has 7 nitrogen and oxygen atoms in total. The van der Waals surface area contributed by atoms with E-state index in [1.807, 2.05) is 4.68 Å². The summed E-state index contributed by atoms with van der Waals surface area (Å²) in [5, 5.41) is 15.1. The molecule has 3 N–H and O–H groups in total. The van der Waals surface area contributed by atoms with Gasteiger partial charge < -0.3 is 20.7 Å². The highest BCUT2D eigenvalue weighted by Crippen LogP contribution is 2.53. The lowest BCUT2D eigenvalue weighted by molar-refractivity contribution is -0.0120. The third-order valence-corrected chi connectivity index (χ3v) is 9.56. The van der Waals surface area contributed by atoms with E-state index in [9.17, 15) is 4.79 Å². The number of carbonyl (C=O) groups is 1. The van der Waals surface area contributed by atoms with Crippen molar-refractivity contribution in [3.05, 3.63) is 11.8 Å². The van der Waals surface area contributed by atoms with Crippen LogP contribution in [0.4, 0.5) is 0 Å². The second-order valence-corrected chi connectivity index (χ2v) is 12.0. The van der Waals surface area contributed by atoms with Gasteiger partial charge in [-0.2, -0.15) is 5.10 Å². The Morgan fingerprint density at radius 2 is 1.82 bits per heavy atom. The number of amides is 1. The van der Waals surface area contributed by atoms with Crippen molar-refractivity contribution in [3.63, 3.8) is 0 Å². The minimum absolute atomic E-state index is 0.0234. The van der Waals surface area contributed by atoms with E-state index in [1.165, 1.54) is 70.6 Å². The van der Waals surface area contributed by atoms with Crippen molar-refractivity contribution in [2.24, 2.45) is 29.6 Å². The molecule has 6 aliphatic rings. The number of ether oxygens (including phenoxy) is 1. The molecule has 5 aliphatic carbocycles. The zero-order valence-corrected chi connectivity index (χ0v) is 20.6. The lowest BCUT2D eigenvalue weighted by Crippen LogP contribution is -2.55. The molecule has 188 valence electrons. The van der Waals surface area contributed by atoms with Crippen LogP contribution in [0.3, 0.4) is 0 Å². The van der Waals surface area contributed by atoms with Gasteiger partial charge >= 0.3 is 0 Å². The molecule has 6 fully saturated rings. The average Bonchev–Trinajstić information content (AvgIpc) is 3.50. The maximum absolute atomic E-state index is 13.5. The molecule has 0 aromatic carbocycles. The number of hydrogen-bond donors (Lipinski definition) is 3. The van der Waals surface area contributed by atoms with Gasteiger partial charge in [0.2, 0.25) is 5.88 Å². The molecule has 1 aromatic heterocycles. The Kier molecular flexibility index (Phi) is 6.84. The zero-order chi connectivity index (χ0) is 22.9. The summed E-state index contributed by atoms with van der Waals surface area (Å²) in [6, 6.07) is 0.869. The summed E-state index contributed by atoms with van der Waals surface area (Å²) in [5.74, 6) is 4.47. The van der Waals surface area contributed by atoms with Crippen LogP contribution in [0.1, 0.15) is 81.0 Å². The van der Waals surface area contributed by atoms with E-state index in [2.05, 4.69) is 21.0 Å². The summed E-state index contributed by atoms with van der Waals surface area (Å²) in [4.78, 5) is 13.5. The van der Waals surface area contributed by atoms with Gasteiger partial charge in [-0.25, -0.2) is 4.68 Å². The van der Waals surface area contributed by atoms with Gasteiger partial charge in [0.1, 0.15) is 5.56 Å². The molecule has 1 atom stereocenters. The molecule has 1 amide bonds. The monoisotopic (exact) mass is 469 g/mol. The maximum Gasteiger partial charge on any atom is 0.258 e. The number of carbonyl (C=O) groups excluding carboxylic acids is 1. The van der Waals surface area contributed by atoms with Gasteiger partial charge in [0.05, 0.1) is 19.3 Å². The molecule has 2 heterocycles. The van der Waals surface area contributed by atoms with E-state index in [0.29, 0.717) is 47.9 Å². The van der Waals surface area contributed by atoms with Crippen LogP contribution in [0.15, 0.2) is 6.20 Å². The number of hydrogen-bond acceptors (Lipinski definition) is 5. The van der Waals surface area contributed by atoms with Gasteiger partial charge in [-0.1, -0.05) is 19.3 Å². The predicted octanol–water partition coefficient (Wildman–Crippen LogP) is 3.35. The fraction of sp³-hybridized carbons (Fsp3) is 0.852. The molecule has 5 saturated carbocycles. The van der Waals surface area contributed by atoms with E-state index >= 15 is 0 Å². The molecule has 4 bridgehead atoms. The second kappa shape index (κ2) is 10.2. The summed E-state index contributed by atoms with van der Waals surface area (Å²) >= 11 is 0. The minimum Gasteiger partial charge on any atom is -0.477 e. The first kappa shape index (κ1) is 22.8. The number of nitrogens with zero attached hydrogens (tertiary/aromatic N) is 2. The fourth-order valence-electron chi connectivity index (χ4n) is 7.99. The zero-order valence-electron chi connectivity index (χ0n) is 20.6. The van der Waals surface area contributed by atoms with Gasteiger partial charge in [0.15, 0.2) is 0 Å². The molecular weight excluding hydrogens is 426 g/mol. The molecule has 0 spiro atoms. The van der Waals surface area contributed by atoms with Crippen LogP contribution < -0.4 is 20.7 Å². The maximum atomic E-state index is 13.5. The second-order valence-electron chi connectivity index (χ2n) is 12.0. The highest BCUT2D eigenvalue weighted by atomic mass is 16.5. The number of rotatable bonds is 9. The van der Waals surface area contributed by atoms with Gasteiger partial charge in [-0.05, 0) is 87.5 Å². The lowest BCUT2D eigenvalue weighted by Gasteiger charge is -2.54. The van der Waals surface area contributed by atoms with Crippen LogP contribution in [0, 0.1) is 29.6 Å². The molecule has 34 heavy (non-hydrogen) atoms. The standard InChI is InChI=1S/C27H43N5O2/c33-26(31-25-21-11-19-10-20(13-21)14-22(25)12-19)24-16-30-32(9-8-29-23-6-7-28-15-23)27(24)34-17-18-4-2-1-3-5-18/h16,18-23,25,28-29H,1-15,17H2,(H,31,33). The van der Waals surface area contributed by atoms with E-state index in [0.717, 1.165) is 38.0 Å². The largest absolute Gasteiger partial charge is 0.477 e. The Morgan fingerprint density at radius 1 is 1.06 bits per heavy atom. The smallest absolute Gasteiger partial charge is 0.258 e. The van der Waals surface area contributed by atoms with E-state index < -0.39 is 0 Å². The van der Waals surface area contributed by atoms with Crippen molar-refractivity contribution in [2.75, 3.05) is 26.2 Å². The number of aromatic nitrogens is 2. The SMILES string of the molecule is O=C(NC1C2CC3CC(C2)CC1C3)c1cnn(CCNC2CCNC2)c1OCC1CCCCC1. The van der Waals surface area contributed by atoms with Crippen molar-refractivity contribution >= 4 is 5.91 Å². The molecule has 7 rings (SSSR count). The average molecular weight is 470 g/mol. The number of nitrogens with one attached hydrogen (secondary N) is 3. The summed E-state index contributed by atoms with van der Waals surface area (Å²) in [5.41, 5.74) is 0.632. The first-order valence-corrected chi connectivity index (χ1v) is 14.2. The van der Waals surface area contributed by atoms with Crippen molar-refractivity contribution in [1.29, 1.82) is 0 Å². The van der Waals surface area contributed by atoms with Crippen LogP contribution >= 0.6 is 0 Å². The fourth-order valence-corrected chi connectivity index (χ4v) is 7.99. The van der Waals surface area contributed by atoms with Crippen LogP contribution in [-0.4, -0.2) is 54.0 Å². The molecule has 1 unspecified atom stereocenters. The molecule has 0 radical (unpaired) electrons. The van der Waals surface area contributed by atoms with Gasteiger partial charge in [0.25, 0.3) is 5.91 Å². The van der Waals surface area contributed by atoms with E-state index in [4.69, 9.17) is 4.74 Å². The van der Waals surface area contributed by atoms with Crippen LogP contribution in [0.5, 0.6) is 5.88 Å². The summed E-state index contributed by atoms with van der Waals surface area (Å²) in [7, 11) is 0. The molecule has 7 heteroatoms. The van der Waals surface area contributed by atoms with Crippen LogP contribution in [0.2, 0.25) is 0 Å². The van der Waals surface area contributed by atoms with Crippen molar-refractivity contribution in [2.45, 2.75) is 89.3 Å². The molecule has 1 aromatic rings. The first-order valence-electron chi connectivity index (χ1n) is 14.2. The highest BCUT2D eigenvalue weighted by Gasteiger charge is 2.48. The van der Waals surface area contributed by atoms with Gasteiger partial charge in [-0.15, -0.1) is 0 Å². The summed E-state index contributed by atoms with van der Waals surface area (Å²) in [6.45, 7) is 4.38. The van der Waals surface area contributed by atoms with Crippen LogP contribution in [-0.2, 0) is 6.54 Å². The van der Waals surface area contributed by atoms with Gasteiger partial charge in [0, 0.05) is 25.2 Å². The van der Waals surface area contributed by atoms with Crippen molar-refractivity contribution in [1.82, 2.24) is 25.7 Å². The van der Waals surface area contributed by atoms with E-state index in [-0.39, 0.29) is 5.91 Å². The minimum atomic E-state index is 0.0234. The Hall–Kier alpha value is -1.60. The highest BCUT2D eigenvalue weighted by molar-refractivity contribution is 5.96. The Bertz CT molecular complexity index is 814. The Balaban J connectivity index is 1.13. The first-order chi connectivity index (χ1) is 16.7. The van der Waals surface area contributed by atoms with Crippen LogP contribution in [0.25, 0.3) is 0 Å². The summed E-state index contributed by atoms with van der Waals surface area (Å²) < 4.78 is 8.32. The Labute approximate surface area is 204 Å². The molecule has 1 saturated heterocycles. The molecular formula is C27H43N5O2. The van der Waals surface area contributed by atoms with Crippen molar-refractivity contribution in [3.8, 4) is 5.88 Å². The van der Waals surface area contributed by atoms with Gasteiger partial charge in [-0.3, -0.25) is 4.79 Å². The normalized spacial score (nSPS) is 35.1. The van der Waals surface area contributed by atoms with Crippen molar-refractivity contribution < 1.29 is 9.53 Å². The third-order valence-electron chi connectivity index (χ3n) is 9.56. The quantitative estimate of drug-likeness (QED) is 0.517.